The van der Waals surface area contributed by atoms with Gasteiger partial charge in [0.25, 0.3) is 17.0 Å². The van der Waals surface area contributed by atoms with Crippen LogP contribution in [0, 0.1) is 0 Å². The van der Waals surface area contributed by atoms with Gasteiger partial charge in [0.05, 0.1) is 40.7 Å². The number of H-pyrrole nitrogens is 1. The van der Waals surface area contributed by atoms with Crippen LogP contribution in [-0.4, -0.2) is 84.9 Å². The zero-order chi connectivity index (χ0) is 36.0. The molecule has 6 heterocycles. The van der Waals surface area contributed by atoms with Crippen molar-refractivity contribution >= 4 is 51.7 Å². The molecule has 5 aromatic rings. The number of aromatic amines is 1. The van der Waals surface area contributed by atoms with Crippen molar-refractivity contribution in [1.29, 1.82) is 0 Å². The van der Waals surface area contributed by atoms with Crippen LogP contribution in [0.25, 0.3) is 16.9 Å². The van der Waals surface area contributed by atoms with E-state index in [1.807, 2.05) is 17.9 Å². The number of piperazine rings is 1. The summed E-state index contributed by atoms with van der Waals surface area (Å²) in [5, 5.41) is 9.62. The van der Waals surface area contributed by atoms with Gasteiger partial charge in [-0.1, -0.05) is 24.6 Å². The van der Waals surface area contributed by atoms with Crippen molar-refractivity contribution in [2.24, 2.45) is 0 Å². The van der Waals surface area contributed by atoms with Crippen molar-refractivity contribution in [3.8, 4) is 0 Å². The van der Waals surface area contributed by atoms with E-state index in [1.54, 1.807) is 27.8 Å². The molecule has 1 fully saturated rings. The van der Waals surface area contributed by atoms with Crippen molar-refractivity contribution in [2.45, 2.75) is 32.5 Å². The normalized spacial score (nSPS) is 15.4. The fourth-order valence-electron chi connectivity index (χ4n) is 6.40. The van der Waals surface area contributed by atoms with E-state index < -0.39 is 34.7 Å². The Hall–Kier alpha value is -5.42. The molecule has 2 amide bonds. The van der Waals surface area contributed by atoms with Gasteiger partial charge in [0.15, 0.2) is 5.82 Å². The van der Waals surface area contributed by atoms with Crippen molar-refractivity contribution in [2.75, 3.05) is 49.6 Å². The van der Waals surface area contributed by atoms with Gasteiger partial charge < -0.3 is 24.4 Å². The van der Waals surface area contributed by atoms with E-state index >= 15 is 0 Å². The van der Waals surface area contributed by atoms with Gasteiger partial charge in [-0.3, -0.25) is 24.3 Å². The minimum atomic E-state index is -4.61. The molecule has 1 aromatic carbocycles. The van der Waals surface area contributed by atoms with Crippen LogP contribution in [0.3, 0.4) is 0 Å². The average Bonchev–Trinajstić information content (AvgIpc) is 3.79. The van der Waals surface area contributed by atoms with Crippen LogP contribution >= 0.6 is 11.6 Å². The van der Waals surface area contributed by atoms with Crippen LogP contribution < -0.4 is 21.3 Å². The smallest absolute Gasteiger partial charge is 0.377 e. The second-order valence-electron chi connectivity index (χ2n) is 12.0. The number of benzene rings is 1. The predicted molar refractivity (Wildman–Crippen MR) is 181 cm³/mol. The van der Waals surface area contributed by atoms with E-state index in [1.165, 1.54) is 10.6 Å². The van der Waals surface area contributed by atoms with Gasteiger partial charge in [-0.05, 0) is 54.8 Å². The Bertz CT molecular complexity index is 2330. The first-order valence-corrected chi connectivity index (χ1v) is 16.5. The molecule has 266 valence electrons. The summed E-state index contributed by atoms with van der Waals surface area (Å²) >= 11 is 6.11. The number of amides is 2. The van der Waals surface area contributed by atoms with Crippen molar-refractivity contribution in [1.82, 2.24) is 33.7 Å². The van der Waals surface area contributed by atoms with E-state index in [4.69, 9.17) is 16.3 Å². The van der Waals surface area contributed by atoms with Gasteiger partial charge in [0, 0.05) is 32.4 Å². The summed E-state index contributed by atoms with van der Waals surface area (Å²) in [6, 6.07) is 7.53. The first kappa shape index (κ1) is 34.0. The summed E-state index contributed by atoms with van der Waals surface area (Å²) in [6.07, 6.45) is -0.379. The number of nitrogens with one attached hydrogen (secondary N) is 2. The topological polar surface area (TPSA) is 151 Å². The number of alkyl halides is 3. The third kappa shape index (κ3) is 6.38. The molecule has 0 aliphatic carbocycles. The molecule has 14 nitrogen and oxygen atoms in total. The molecule has 0 unspecified atom stereocenters. The number of ether oxygens (including phenoxy) is 1. The summed E-state index contributed by atoms with van der Waals surface area (Å²) in [4.78, 5) is 62.1. The Morgan fingerprint density at radius 3 is 2.53 bits per heavy atom. The van der Waals surface area contributed by atoms with Gasteiger partial charge >= 0.3 is 6.18 Å². The van der Waals surface area contributed by atoms with E-state index in [-0.39, 0.29) is 60.5 Å². The number of anilines is 2. The number of hydrogen-bond acceptors (Lipinski definition) is 8. The van der Waals surface area contributed by atoms with E-state index in [0.29, 0.717) is 43.1 Å². The monoisotopic (exact) mass is 725 g/mol. The van der Waals surface area contributed by atoms with E-state index in [2.05, 4.69) is 20.5 Å². The summed E-state index contributed by atoms with van der Waals surface area (Å²) in [5.74, 6) is -0.657. The number of carbonyl (C=O) groups is 2. The lowest BCUT2D eigenvalue weighted by Gasteiger charge is -2.36. The predicted octanol–water partition coefficient (Wildman–Crippen LogP) is 3.47. The Kier molecular flexibility index (Phi) is 8.93. The van der Waals surface area contributed by atoms with Gasteiger partial charge in [-0.25, -0.2) is 4.52 Å². The molecule has 0 spiro atoms. The first-order valence-electron chi connectivity index (χ1n) is 16.1. The van der Waals surface area contributed by atoms with E-state index in [9.17, 15) is 32.3 Å². The molecule has 0 atom stereocenters. The molecule has 18 heteroatoms. The zero-order valence-corrected chi connectivity index (χ0v) is 27.9. The SMILES string of the molecule is CCc1c(N2CCN(C(=O)c3ccc4cc[nH]n4c3=O)CC2)c(=O)n2nc(C3=CCOCC3)nc2n1CC(=O)Nc1ccc(C(F)(F)F)cc1Cl. The molecular formula is C33H31ClF3N9O5. The summed E-state index contributed by atoms with van der Waals surface area (Å²) in [6.45, 7) is 3.13. The van der Waals surface area contributed by atoms with E-state index in [0.717, 1.165) is 28.3 Å². The molecule has 0 radical (unpaired) electrons. The molecule has 2 aliphatic heterocycles. The maximum atomic E-state index is 14.2. The zero-order valence-electron chi connectivity index (χ0n) is 27.2. The Labute approximate surface area is 291 Å². The number of rotatable bonds is 7. The standard InChI is InChI=1S/C33H31ClF3N9O5/c1-2-25-27(42-11-13-43(14-12-42)29(48)22-5-4-21-7-10-38-45(21)30(22)49)31(50)46-32(40-28(41-46)19-8-15-51-16-9-19)44(25)18-26(47)39-24-6-3-20(17-23(24)34)33(35,36)37/h3-8,10,17,38H,2,9,11-16,18H2,1H3,(H,39,47). The van der Waals surface area contributed by atoms with Gasteiger partial charge in [0.2, 0.25) is 11.7 Å². The second kappa shape index (κ2) is 13.4. The molecule has 2 aliphatic rings. The number of halogens is 4. The minimum Gasteiger partial charge on any atom is -0.377 e. The molecule has 1 saturated heterocycles. The number of aromatic nitrogens is 6. The fraction of sp³-hybridized carbons (Fsp3) is 0.333. The Morgan fingerprint density at radius 2 is 1.84 bits per heavy atom. The first-order chi connectivity index (χ1) is 24.4. The summed E-state index contributed by atoms with van der Waals surface area (Å²) in [7, 11) is 0. The number of nitrogens with zero attached hydrogens (tertiary/aromatic N) is 7. The van der Waals surface area contributed by atoms with Crippen LogP contribution in [0.2, 0.25) is 5.02 Å². The van der Waals surface area contributed by atoms with Crippen LogP contribution in [-0.2, 0) is 28.7 Å². The molecule has 0 bridgehead atoms. The van der Waals surface area contributed by atoms with Gasteiger partial charge in [-0.2, -0.15) is 22.7 Å². The maximum Gasteiger partial charge on any atom is 0.416 e. The highest BCUT2D eigenvalue weighted by Gasteiger charge is 2.32. The maximum absolute atomic E-state index is 14.2. The molecule has 4 aromatic heterocycles. The fourth-order valence-corrected chi connectivity index (χ4v) is 6.63. The Morgan fingerprint density at radius 1 is 1.06 bits per heavy atom. The van der Waals surface area contributed by atoms with Crippen LogP contribution in [0.4, 0.5) is 24.5 Å². The Balaban J connectivity index is 1.22. The van der Waals surface area contributed by atoms with Crippen LogP contribution in [0.5, 0.6) is 0 Å². The summed E-state index contributed by atoms with van der Waals surface area (Å²) in [5.41, 5.74) is 0.236. The summed E-state index contributed by atoms with van der Waals surface area (Å²) < 4.78 is 49.0. The third-order valence-corrected chi connectivity index (χ3v) is 9.28. The molecule has 7 rings (SSSR count). The number of hydrogen-bond donors (Lipinski definition) is 2. The quantitative estimate of drug-likeness (QED) is 0.259. The molecule has 2 N–H and O–H groups in total. The highest BCUT2D eigenvalue weighted by molar-refractivity contribution is 6.33. The van der Waals surface area contributed by atoms with Gasteiger partial charge in [0.1, 0.15) is 17.8 Å². The number of fused-ring (bicyclic) bond motifs is 2. The van der Waals surface area contributed by atoms with Crippen LogP contribution in [0.15, 0.2) is 58.3 Å². The number of carbonyl (C=O) groups excluding carboxylic acids is 2. The minimum absolute atomic E-state index is 0.0122. The molecule has 0 saturated carbocycles. The number of pyridine rings is 1. The van der Waals surface area contributed by atoms with Crippen molar-refractivity contribution < 1.29 is 27.5 Å². The largest absolute Gasteiger partial charge is 0.416 e. The third-order valence-electron chi connectivity index (χ3n) is 8.97. The lowest BCUT2D eigenvalue weighted by molar-refractivity contribution is -0.137. The second-order valence-corrected chi connectivity index (χ2v) is 12.4. The highest BCUT2D eigenvalue weighted by Crippen LogP contribution is 2.34. The lowest BCUT2D eigenvalue weighted by atomic mass is 10.1. The highest BCUT2D eigenvalue weighted by atomic mass is 35.5. The molecule has 51 heavy (non-hydrogen) atoms. The average molecular weight is 726 g/mol. The van der Waals surface area contributed by atoms with Crippen molar-refractivity contribution in [3.05, 3.63) is 97.0 Å². The van der Waals surface area contributed by atoms with Gasteiger partial charge in [-0.15, -0.1) is 5.10 Å². The van der Waals surface area contributed by atoms with Crippen LogP contribution in [0.1, 0.15) is 40.8 Å². The lowest BCUT2D eigenvalue weighted by Crippen LogP contribution is -2.51. The molecular weight excluding hydrogens is 695 g/mol. The van der Waals surface area contributed by atoms with Crippen molar-refractivity contribution in [3.63, 3.8) is 0 Å².